The van der Waals surface area contributed by atoms with Gasteiger partial charge in [0.1, 0.15) is 0 Å². The lowest BCUT2D eigenvalue weighted by molar-refractivity contribution is -0.137. The fraction of sp³-hybridized carbons (Fsp3) is 0.300. The van der Waals surface area contributed by atoms with Crippen LogP contribution in [0.15, 0.2) is 24.5 Å². The number of aromatic nitrogens is 3. The van der Waals surface area contributed by atoms with E-state index >= 15 is 0 Å². The van der Waals surface area contributed by atoms with Crippen LogP contribution >= 0.6 is 0 Å². The maximum absolute atomic E-state index is 10.4. The van der Waals surface area contributed by atoms with Crippen molar-refractivity contribution >= 4 is 11.5 Å². The second-order valence-electron chi connectivity index (χ2n) is 3.34. The summed E-state index contributed by atoms with van der Waals surface area (Å²) in [5, 5.41) is 16.2. The fourth-order valence-electron chi connectivity index (χ4n) is 1.55. The van der Waals surface area contributed by atoms with Crippen LogP contribution < -0.4 is 0 Å². The SMILES string of the molecule is O=C(O)CCCc1cccn2nncc12. The van der Waals surface area contributed by atoms with Gasteiger partial charge >= 0.3 is 5.97 Å². The second kappa shape index (κ2) is 4.08. The van der Waals surface area contributed by atoms with Crippen LogP contribution in [0.2, 0.25) is 0 Å². The van der Waals surface area contributed by atoms with Crippen molar-refractivity contribution in [2.75, 3.05) is 0 Å². The predicted octanol–water partition coefficient (Wildman–Crippen LogP) is 1.14. The van der Waals surface area contributed by atoms with E-state index in [1.807, 2.05) is 18.3 Å². The topological polar surface area (TPSA) is 67.5 Å². The summed E-state index contributed by atoms with van der Waals surface area (Å²) in [6.07, 6.45) is 5.09. The van der Waals surface area contributed by atoms with Gasteiger partial charge in [0, 0.05) is 12.6 Å². The molecule has 2 rings (SSSR count). The first-order valence-corrected chi connectivity index (χ1v) is 4.77. The summed E-state index contributed by atoms with van der Waals surface area (Å²) in [7, 11) is 0. The van der Waals surface area contributed by atoms with Gasteiger partial charge in [0.2, 0.25) is 0 Å². The van der Waals surface area contributed by atoms with E-state index in [1.54, 1.807) is 10.7 Å². The van der Waals surface area contributed by atoms with Crippen molar-refractivity contribution in [2.24, 2.45) is 0 Å². The molecule has 0 unspecified atom stereocenters. The van der Waals surface area contributed by atoms with Crippen molar-refractivity contribution in [1.82, 2.24) is 14.8 Å². The molecule has 5 heteroatoms. The van der Waals surface area contributed by atoms with Crippen LogP contribution in [-0.2, 0) is 11.2 Å². The van der Waals surface area contributed by atoms with Crippen LogP contribution in [0.25, 0.3) is 5.52 Å². The number of nitrogens with zero attached hydrogens (tertiary/aromatic N) is 3. The quantitative estimate of drug-likeness (QED) is 0.812. The van der Waals surface area contributed by atoms with Crippen LogP contribution in [0, 0.1) is 0 Å². The molecule has 0 aromatic carbocycles. The molecular formula is C10H11N3O2. The molecule has 0 aliphatic rings. The van der Waals surface area contributed by atoms with Gasteiger partial charge in [-0.1, -0.05) is 11.3 Å². The summed E-state index contributed by atoms with van der Waals surface area (Å²) in [4.78, 5) is 10.4. The molecule has 0 amide bonds. The van der Waals surface area contributed by atoms with Crippen molar-refractivity contribution < 1.29 is 9.90 Å². The van der Waals surface area contributed by atoms with Crippen LogP contribution in [-0.4, -0.2) is 25.9 Å². The van der Waals surface area contributed by atoms with Gasteiger partial charge in [0.05, 0.1) is 11.7 Å². The van der Waals surface area contributed by atoms with Crippen molar-refractivity contribution in [1.29, 1.82) is 0 Å². The Kier molecular flexibility index (Phi) is 2.62. The molecule has 2 heterocycles. The van der Waals surface area contributed by atoms with Gasteiger partial charge in [-0.3, -0.25) is 4.79 Å². The molecule has 0 radical (unpaired) electrons. The molecule has 15 heavy (non-hydrogen) atoms. The van der Waals surface area contributed by atoms with E-state index in [2.05, 4.69) is 10.3 Å². The van der Waals surface area contributed by atoms with Gasteiger partial charge in [-0.05, 0) is 24.5 Å². The molecule has 0 atom stereocenters. The van der Waals surface area contributed by atoms with Crippen molar-refractivity contribution in [3.05, 3.63) is 30.1 Å². The van der Waals surface area contributed by atoms with Crippen LogP contribution in [0.5, 0.6) is 0 Å². The number of hydrogen-bond acceptors (Lipinski definition) is 3. The molecule has 0 aliphatic carbocycles. The minimum Gasteiger partial charge on any atom is -0.481 e. The monoisotopic (exact) mass is 205 g/mol. The van der Waals surface area contributed by atoms with E-state index in [9.17, 15) is 4.79 Å². The normalized spacial score (nSPS) is 10.7. The first kappa shape index (κ1) is 9.64. The minimum absolute atomic E-state index is 0.197. The van der Waals surface area contributed by atoms with Gasteiger partial charge in [0.15, 0.2) is 0 Å². The summed E-state index contributed by atoms with van der Waals surface area (Å²) in [5.41, 5.74) is 2.03. The zero-order chi connectivity index (χ0) is 10.7. The number of fused-ring (bicyclic) bond motifs is 1. The number of aryl methyl sites for hydroxylation is 1. The maximum Gasteiger partial charge on any atom is 0.303 e. The number of hydrogen-bond donors (Lipinski definition) is 1. The molecule has 0 saturated carbocycles. The van der Waals surface area contributed by atoms with Gasteiger partial charge < -0.3 is 5.11 Å². The lowest BCUT2D eigenvalue weighted by Gasteiger charge is -2.01. The predicted molar refractivity (Wildman–Crippen MR) is 53.6 cm³/mol. The number of pyridine rings is 1. The lowest BCUT2D eigenvalue weighted by Crippen LogP contribution is -1.97. The Hall–Kier alpha value is -1.91. The highest BCUT2D eigenvalue weighted by atomic mass is 16.4. The van der Waals surface area contributed by atoms with Gasteiger partial charge in [-0.2, -0.15) is 0 Å². The van der Waals surface area contributed by atoms with Crippen LogP contribution in [0.1, 0.15) is 18.4 Å². The molecule has 0 fully saturated rings. The smallest absolute Gasteiger partial charge is 0.303 e. The Morgan fingerprint density at radius 2 is 2.40 bits per heavy atom. The Morgan fingerprint density at radius 3 is 3.20 bits per heavy atom. The molecule has 0 saturated heterocycles. The fourth-order valence-corrected chi connectivity index (χ4v) is 1.55. The number of rotatable bonds is 4. The molecule has 0 spiro atoms. The third-order valence-corrected chi connectivity index (χ3v) is 2.27. The summed E-state index contributed by atoms with van der Waals surface area (Å²) < 4.78 is 1.69. The molecule has 2 aromatic rings. The Labute approximate surface area is 86.3 Å². The zero-order valence-electron chi connectivity index (χ0n) is 8.13. The Morgan fingerprint density at radius 1 is 1.53 bits per heavy atom. The minimum atomic E-state index is -0.756. The Balaban J connectivity index is 2.13. The number of carbonyl (C=O) groups is 1. The third-order valence-electron chi connectivity index (χ3n) is 2.27. The highest BCUT2D eigenvalue weighted by Crippen LogP contribution is 2.11. The van der Waals surface area contributed by atoms with Gasteiger partial charge in [-0.15, -0.1) is 5.10 Å². The van der Waals surface area contributed by atoms with E-state index in [-0.39, 0.29) is 6.42 Å². The van der Waals surface area contributed by atoms with Crippen LogP contribution in [0.3, 0.4) is 0 Å². The van der Waals surface area contributed by atoms with Crippen LogP contribution in [0.4, 0.5) is 0 Å². The lowest BCUT2D eigenvalue weighted by atomic mass is 10.1. The first-order chi connectivity index (χ1) is 7.27. The van der Waals surface area contributed by atoms with E-state index in [0.717, 1.165) is 17.5 Å². The third kappa shape index (κ3) is 2.12. The van der Waals surface area contributed by atoms with E-state index < -0.39 is 5.97 Å². The molecular weight excluding hydrogens is 194 g/mol. The summed E-state index contributed by atoms with van der Waals surface area (Å²) in [6.45, 7) is 0. The largest absolute Gasteiger partial charge is 0.481 e. The maximum atomic E-state index is 10.4. The number of aliphatic carboxylic acids is 1. The van der Waals surface area contributed by atoms with E-state index in [0.29, 0.717) is 6.42 Å². The number of carboxylic acids is 1. The first-order valence-electron chi connectivity index (χ1n) is 4.77. The summed E-state index contributed by atoms with van der Waals surface area (Å²) >= 11 is 0. The van der Waals surface area contributed by atoms with Crippen molar-refractivity contribution in [3.63, 3.8) is 0 Å². The number of carboxylic acid groups (broad SMARTS) is 1. The highest BCUT2D eigenvalue weighted by molar-refractivity contribution is 5.66. The summed E-state index contributed by atoms with van der Waals surface area (Å²) in [5.74, 6) is -0.756. The second-order valence-corrected chi connectivity index (χ2v) is 3.34. The zero-order valence-corrected chi connectivity index (χ0v) is 8.13. The van der Waals surface area contributed by atoms with Crippen molar-refractivity contribution in [2.45, 2.75) is 19.3 Å². The highest BCUT2D eigenvalue weighted by Gasteiger charge is 2.03. The van der Waals surface area contributed by atoms with Gasteiger partial charge in [-0.25, -0.2) is 4.52 Å². The van der Waals surface area contributed by atoms with E-state index in [4.69, 9.17) is 5.11 Å². The molecule has 1 N–H and O–H groups in total. The summed E-state index contributed by atoms with van der Waals surface area (Å²) in [6, 6.07) is 3.86. The molecule has 0 bridgehead atoms. The average molecular weight is 205 g/mol. The molecule has 2 aromatic heterocycles. The molecule has 0 aliphatic heterocycles. The van der Waals surface area contributed by atoms with Gasteiger partial charge in [0.25, 0.3) is 0 Å². The average Bonchev–Trinajstić information content (AvgIpc) is 2.65. The molecule has 5 nitrogen and oxygen atoms in total. The van der Waals surface area contributed by atoms with Crippen molar-refractivity contribution in [3.8, 4) is 0 Å². The standard InChI is InChI=1S/C10H11N3O2/c14-10(15)5-1-3-8-4-2-6-13-9(8)7-11-12-13/h2,4,6-7H,1,3,5H2,(H,14,15). The Bertz CT molecular complexity index is 478. The van der Waals surface area contributed by atoms with E-state index in [1.165, 1.54) is 0 Å². The molecule has 78 valence electrons.